The number of nitrogens with zero attached hydrogens (tertiary/aromatic N) is 1. The summed E-state index contributed by atoms with van der Waals surface area (Å²) in [5, 5.41) is 9.00. The second kappa shape index (κ2) is 5.05. The van der Waals surface area contributed by atoms with E-state index in [-0.39, 0.29) is 17.0 Å². The predicted molar refractivity (Wildman–Crippen MR) is 65.6 cm³/mol. The van der Waals surface area contributed by atoms with Crippen LogP contribution >= 0.6 is 0 Å². The Morgan fingerprint density at radius 3 is 3.06 bits per heavy atom. The monoisotopic (exact) mass is 250 g/mol. The molecule has 6 nitrogen and oxygen atoms in total. The number of nitrogen functional groups attached to an aromatic ring is 1. The van der Waals surface area contributed by atoms with Gasteiger partial charge >= 0.3 is 5.97 Å². The molecule has 0 spiro atoms. The van der Waals surface area contributed by atoms with Gasteiger partial charge in [0.15, 0.2) is 5.58 Å². The Labute approximate surface area is 103 Å². The molecule has 2 aromatic heterocycles. The first-order chi connectivity index (χ1) is 8.63. The van der Waals surface area contributed by atoms with E-state index in [1.807, 2.05) is 0 Å². The van der Waals surface area contributed by atoms with Crippen molar-refractivity contribution >= 4 is 23.0 Å². The fraction of sp³-hybridized carbons (Fsp3) is 0.333. The highest BCUT2D eigenvalue weighted by Gasteiger charge is 2.19. The smallest absolute Gasteiger partial charge is 0.343 e. The highest BCUT2D eigenvalue weighted by Crippen LogP contribution is 2.26. The fourth-order valence-corrected chi connectivity index (χ4v) is 1.80. The highest BCUT2D eigenvalue weighted by atomic mass is 16.5. The molecule has 0 radical (unpaired) electrons. The molecule has 6 heteroatoms. The van der Waals surface area contributed by atoms with Crippen LogP contribution < -0.4 is 5.73 Å². The third-order valence-electron chi connectivity index (χ3n) is 2.64. The number of carboxylic acids is 1. The number of hydrogen-bond acceptors (Lipinski definition) is 5. The van der Waals surface area contributed by atoms with E-state index in [0.29, 0.717) is 12.2 Å². The number of aromatic nitrogens is 1. The Bertz CT molecular complexity index is 577. The molecule has 0 bridgehead atoms. The Morgan fingerprint density at radius 2 is 2.39 bits per heavy atom. The molecule has 0 aliphatic carbocycles. The molecule has 0 saturated carbocycles. The third kappa shape index (κ3) is 2.28. The van der Waals surface area contributed by atoms with Gasteiger partial charge in [0.2, 0.25) is 5.88 Å². The van der Waals surface area contributed by atoms with Gasteiger partial charge in [0, 0.05) is 19.9 Å². The van der Waals surface area contributed by atoms with Crippen molar-refractivity contribution in [1.82, 2.24) is 4.98 Å². The van der Waals surface area contributed by atoms with Crippen molar-refractivity contribution in [1.29, 1.82) is 0 Å². The number of aromatic carboxylic acids is 1. The van der Waals surface area contributed by atoms with E-state index >= 15 is 0 Å². The highest BCUT2D eigenvalue weighted by molar-refractivity contribution is 6.05. The number of anilines is 1. The van der Waals surface area contributed by atoms with Crippen LogP contribution in [0.5, 0.6) is 0 Å². The number of nitrogens with two attached hydrogens (primary N) is 1. The van der Waals surface area contributed by atoms with E-state index < -0.39 is 5.97 Å². The van der Waals surface area contributed by atoms with Crippen LogP contribution in [0.25, 0.3) is 11.1 Å². The number of carboxylic acid groups (broad SMARTS) is 1. The standard InChI is InChI=1S/C12H14N2O4/c1-17-4-2-3-7-5-8-10(14-6-7)9(12(15)16)11(13)18-8/h5-6H,2-4,13H2,1H3,(H,15,16). The first kappa shape index (κ1) is 12.4. The van der Waals surface area contributed by atoms with Crippen LogP contribution in [-0.4, -0.2) is 29.8 Å². The second-order valence-electron chi connectivity index (χ2n) is 3.93. The summed E-state index contributed by atoms with van der Waals surface area (Å²) < 4.78 is 10.2. The number of hydrogen-bond donors (Lipinski definition) is 2. The maximum atomic E-state index is 11.0. The van der Waals surface area contributed by atoms with Gasteiger partial charge in [0.05, 0.1) is 0 Å². The van der Waals surface area contributed by atoms with Crippen LogP contribution in [-0.2, 0) is 11.2 Å². The maximum Gasteiger partial charge on any atom is 0.343 e. The molecule has 2 aromatic rings. The molecule has 3 N–H and O–H groups in total. The van der Waals surface area contributed by atoms with Gasteiger partial charge in [0.1, 0.15) is 11.1 Å². The molecule has 2 rings (SSSR count). The molecule has 0 atom stereocenters. The lowest BCUT2D eigenvalue weighted by Crippen LogP contribution is -2.00. The molecule has 0 amide bonds. The summed E-state index contributed by atoms with van der Waals surface area (Å²) in [6, 6.07) is 1.76. The average Bonchev–Trinajstić information content (AvgIpc) is 2.64. The van der Waals surface area contributed by atoms with Crippen LogP contribution in [0.1, 0.15) is 22.3 Å². The van der Waals surface area contributed by atoms with E-state index in [4.69, 9.17) is 20.0 Å². The zero-order valence-electron chi connectivity index (χ0n) is 9.97. The van der Waals surface area contributed by atoms with Gasteiger partial charge < -0.3 is 20.0 Å². The largest absolute Gasteiger partial charge is 0.477 e. The Hall–Kier alpha value is -2.08. The average molecular weight is 250 g/mol. The second-order valence-corrected chi connectivity index (χ2v) is 3.93. The minimum Gasteiger partial charge on any atom is -0.477 e. The number of furan rings is 1. The molecular weight excluding hydrogens is 236 g/mol. The van der Waals surface area contributed by atoms with Crippen molar-refractivity contribution in [3.8, 4) is 0 Å². The number of rotatable bonds is 5. The number of ether oxygens (including phenoxy) is 1. The van der Waals surface area contributed by atoms with E-state index in [2.05, 4.69) is 4.98 Å². The molecule has 2 heterocycles. The van der Waals surface area contributed by atoms with Gasteiger partial charge in [0.25, 0.3) is 0 Å². The minimum atomic E-state index is -1.13. The third-order valence-corrected chi connectivity index (χ3v) is 2.64. The molecule has 0 saturated heterocycles. The van der Waals surface area contributed by atoms with Crippen molar-refractivity contribution in [3.63, 3.8) is 0 Å². The van der Waals surface area contributed by atoms with Crippen molar-refractivity contribution in [2.24, 2.45) is 0 Å². The lowest BCUT2D eigenvalue weighted by atomic mass is 10.1. The summed E-state index contributed by atoms with van der Waals surface area (Å²) in [4.78, 5) is 15.1. The van der Waals surface area contributed by atoms with E-state index in [0.717, 1.165) is 18.4 Å². The number of methoxy groups -OCH3 is 1. The van der Waals surface area contributed by atoms with Crippen LogP contribution in [0, 0.1) is 0 Å². The molecular formula is C12H14N2O4. The Morgan fingerprint density at radius 1 is 1.61 bits per heavy atom. The summed E-state index contributed by atoms with van der Waals surface area (Å²) >= 11 is 0. The SMILES string of the molecule is COCCCc1cnc2c(C(=O)O)c(N)oc2c1. The van der Waals surface area contributed by atoms with Crippen LogP contribution in [0.15, 0.2) is 16.7 Å². The molecule has 0 fully saturated rings. The summed E-state index contributed by atoms with van der Waals surface area (Å²) in [6.45, 7) is 0.665. The van der Waals surface area contributed by atoms with Gasteiger partial charge in [-0.15, -0.1) is 0 Å². The van der Waals surface area contributed by atoms with Crippen LogP contribution in [0.2, 0.25) is 0 Å². The quantitative estimate of drug-likeness (QED) is 0.783. The number of carbonyl (C=O) groups is 1. The molecule has 0 aliphatic rings. The number of pyridine rings is 1. The van der Waals surface area contributed by atoms with Gasteiger partial charge in [-0.25, -0.2) is 4.79 Å². The number of aryl methyl sites for hydroxylation is 1. The van der Waals surface area contributed by atoms with Crippen molar-refractivity contribution in [2.45, 2.75) is 12.8 Å². The zero-order chi connectivity index (χ0) is 13.1. The summed E-state index contributed by atoms with van der Waals surface area (Å²) in [7, 11) is 1.65. The van der Waals surface area contributed by atoms with Gasteiger partial charge in [-0.2, -0.15) is 0 Å². The summed E-state index contributed by atoms with van der Waals surface area (Å²) in [5.41, 5.74) is 7.10. The lowest BCUT2D eigenvalue weighted by molar-refractivity contribution is 0.0699. The first-order valence-electron chi connectivity index (χ1n) is 5.52. The summed E-state index contributed by atoms with van der Waals surface area (Å²) in [5.74, 6) is -1.25. The van der Waals surface area contributed by atoms with Gasteiger partial charge in [-0.1, -0.05) is 0 Å². The van der Waals surface area contributed by atoms with E-state index in [1.54, 1.807) is 19.4 Å². The van der Waals surface area contributed by atoms with E-state index in [1.165, 1.54) is 0 Å². The minimum absolute atomic E-state index is 0.0755. The van der Waals surface area contributed by atoms with Gasteiger partial charge in [-0.3, -0.25) is 4.98 Å². The van der Waals surface area contributed by atoms with Gasteiger partial charge in [-0.05, 0) is 24.5 Å². The fourth-order valence-electron chi connectivity index (χ4n) is 1.80. The van der Waals surface area contributed by atoms with Crippen molar-refractivity contribution in [2.75, 3.05) is 19.5 Å². The predicted octanol–water partition coefficient (Wildman–Crippen LogP) is 1.69. The Kier molecular flexibility index (Phi) is 3.47. The molecule has 0 aromatic carbocycles. The normalized spacial score (nSPS) is 10.9. The maximum absolute atomic E-state index is 11.0. The molecule has 0 unspecified atom stereocenters. The molecule has 0 aliphatic heterocycles. The first-order valence-corrected chi connectivity index (χ1v) is 5.52. The molecule has 18 heavy (non-hydrogen) atoms. The van der Waals surface area contributed by atoms with Crippen LogP contribution in [0.4, 0.5) is 5.88 Å². The zero-order valence-corrected chi connectivity index (χ0v) is 9.97. The lowest BCUT2D eigenvalue weighted by Gasteiger charge is -2.00. The summed E-state index contributed by atoms with van der Waals surface area (Å²) in [6.07, 6.45) is 3.30. The molecule has 96 valence electrons. The van der Waals surface area contributed by atoms with Crippen molar-refractivity contribution < 1.29 is 19.1 Å². The van der Waals surface area contributed by atoms with Crippen molar-refractivity contribution in [3.05, 3.63) is 23.4 Å². The number of fused-ring (bicyclic) bond motifs is 1. The Balaban J connectivity index is 2.32. The van der Waals surface area contributed by atoms with Crippen LogP contribution in [0.3, 0.4) is 0 Å². The topological polar surface area (TPSA) is 98.6 Å². The van der Waals surface area contributed by atoms with E-state index in [9.17, 15) is 4.79 Å².